The van der Waals surface area contributed by atoms with E-state index in [1.165, 1.54) is 17.0 Å². The standard InChI is InChI=1S/C23H21F3N6O3/c1-12-9-13(21-27-10-15-14(29-21)4-6-18(28-15)23(24,25)26)3-5-17(12)32-7-8-35-20-16(11-33)30-31(2)19(20)22(32)34/h3-6,9-10,21,29,33H,7-8,11H2,1-2H3. The lowest BCUT2D eigenvalue weighted by Gasteiger charge is -2.25. The van der Waals surface area contributed by atoms with Gasteiger partial charge in [0.25, 0.3) is 5.91 Å². The summed E-state index contributed by atoms with van der Waals surface area (Å²) in [6, 6.07) is 7.75. The van der Waals surface area contributed by atoms with Gasteiger partial charge in [-0.15, -0.1) is 0 Å². The molecule has 2 aromatic heterocycles. The van der Waals surface area contributed by atoms with Crippen LogP contribution in [0, 0.1) is 6.92 Å². The number of hydrogen-bond donors (Lipinski definition) is 2. The number of halogens is 3. The molecule has 3 aromatic rings. The third-order valence-corrected chi connectivity index (χ3v) is 5.91. The van der Waals surface area contributed by atoms with Crippen molar-refractivity contribution in [1.29, 1.82) is 0 Å². The molecule has 1 aromatic carbocycles. The number of ether oxygens (including phenoxy) is 1. The Morgan fingerprint density at radius 1 is 1.26 bits per heavy atom. The minimum Gasteiger partial charge on any atom is -0.487 e. The van der Waals surface area contributed by atoms with Crippen LogP contribution >= 0.6 is 0 Å². The fourth-order valence-corrected chi connectivity index (χ4v) is 4.25. The van der Waals surface area contributed by atoms with Gasteiger partial charge in [0.15, 0.2) is 11.4 Å². The van der Waals surface area contributed by atoms with Crippen molar-refractivity contribution in [1.82, 2.24) is 14.8 Å². The van der Waals surface area contributed by atoms with Crippen LogP contribution in [0.5, 0.6) is 5.75 Å². The number of aryl methyl sites for hydroxylation is 2. The van der Waals surface area contributed by atoms with Gasteiger partial charge in [-0.25, -0.2) is 4.98 Å². The third kappa shape index (κ3) is 3.99. The maximum atomic E-state index is 13.3. The number of carbonyl (C=O) groups excluding carboxylic acids is 1. The first kappa shape index (κ1) is 22.8. The first-order chi connectivity index (χ1) is 16.7. The summed E-state index contributed by atoms with van der Waals surface area (Å²) in [6.45, 7) is 2.06. The highest BCUT2D eigenvalue weighted by atomic mass is 19.4. The molecule has 0 radical (unpaired) electrons. The number of amides is 1. The molecule has 9 nitrogen and oxygen atoms in total. The smallest absolute Gasteiger partial charge is 0.433 e. The largest absolute Gasteiger partial charge is 0.487 e. The predicted octanol–water partition coefficient (Wildman–Crippen LogP) is 3.22. The molecule has 1 amide bonds. The van der Waals surface area contributed by atoms with E-state index >= 15 is 0 Å². The number of fused-ring (bicyclic) bond motifs is 2. The Bertz CT molecular complexity index is 1350. The first-order valence-corrected chi connectivity index (χ1v) is 10.8. The molecule has 0 spiro atoms. The average molecular weight is 486 g/mol. The molecule has 182 valence electrons. The number of nitrogens with zero attached hydrogens (tertiary/aromatic N) is 5. The number of anilines is 2. The molecule has 0 fully saturated rings. The molecule has 0 bridgehead atoms. The minimum atomic E-state index is -4.53. The Labute approximate surface area is 197 Å². The van der Waals surface area contributed by atoms with Crippen LogP contribution < -0.4 is 15.0 Å². The lowest BCUT2D eigenvalue weighted by atomic mass is 10.0. The van der Waals surface area contributed by atoms with E-state index in [1.807, 2.05) is 19.1 Å². The highest BCUT2D eigenvalue weighted by Gasteiger charge is 2.34. The molecular formula is C23H21F3N6O3. The Morgan fingerprint density at radius 3 is 2.77 bits per heavy atom. The van der Waals surface area contributed by atoms with E-state index in [-0.39, 0.29) is 30.5 Å². The fourth-order valence-electron chi connectivity index (χ4n) is 4.25. The molecule has 0 saturated carbocycles. The minimum absolute atomic E-state index is 0.119. The first-order valence-electron chi connectivity index (χ1n) is 10.8. The summed E-state index contributed by atoms with van der Waals surface area (Å²) < 4.78 is 45.9. The van der Waals surface area contributed by atoms with Gasteiger partial charge in [-0.1, -0.05) is 12.1 Å². The number of carbonyl (C=O) groups is 1. The van der Waals surface area contributed by atoms with Crippen molar-refractivity contribution < 1.29 is 27.8 Å². The topological polar surface area (TPSA) is 105 Å². The molecule has 2 aliphatic rings. The SMILES string of the molecule is Cc1cc(C2N=Cc3nc(C(F)(F)F)ccc3N2)ccc1N1CCOc2c(CO)nn(C)c2C1=O. The number of alkyl halides is 3. The van der Waals surface area contributed by atoms with E-state index in [0.717, 1.165) is 17.2 Å². The summed E-state index contributed by atoms with van der Waals surface area (Å²) in [5.41, 5.74) is 2.42. The second-order valence-corrected chi connectivity index (χ2v) is 8.21. The van der Waals surface area contributed by atoms with Crippen molar-refractivity contribution in [3.63, 3.8) is 0 Å². The van der Waals surface area contributed by atoms with Crippen LogP contribution in [-0.4, -0.2) is 45.1 Å². The van der Waals surface area contributed by atoms with Crippen LogP contribution in [-0.2, 0) is 19.8 Å². The van der Waals surface area contributed by atoms with Crippen molar-refractivity contribution in [2.24, 2.45) is 12.0 Å². The van der Waals surface area contributed by atoms with Crippen molar-refractivity contribution >= 4 is 23.5 Å². The van der Waals surface area contributed by atoms with Crippen molar-refractivity contribution in [3.05, 3.63) is 64.2 Å². The number of hydrogen-bond acceptors (Lipinski definition) is 7. The van der Waals surface area contributed by atoms with Crippen molar-refractivity contribution in [2.45, 2.75) is 25.9 Å². The van der Waals surface area contributed by atoms with Gasteiger partial charge in [0.05, 0.1) is 25.1 Å². The fraction of sp³-hybridized carbons (Fsp3) is 0.304. The maximum absolute atomic E-state index is 13.3. The zero-order valence-electron chi connectivity index (χ0n) is 18.8. The summed E-state index contributed by atoms with van der Waals surface area (Å²) in [5, 5.41) is 16.8. The van der Waals surface area contributed by atoms with Gasteiger partial charge in [-0.3, -0.25) is 14.5 Å². The third-order valence-electron chi connectivity index (χ3n) is 5.91. The lowest BCUT2D eigenvalue weighted by Crippen LogP contribution is -2.34. The van der Waals surface area contributed by atoms with Gasteiger partial charge in [-0.05, 0) is 36.2 Å². The van der Waals surface area contributed by atoms with E-state index in [1.54, 1.807) is 18.0 Å². The van der Waals surface area contributed by atoms with Crippen LogP contribution in [0.15, 0.2) is 35.3 Å². The van der Waals surface area contributed by atoms with Crippen LogP contribution in [0.1, 0.15) is 44.9 Å². The Morgan fingerprint density at radius 2 is 2.06 bits per heavy atom. The molecule has 5 rings (SSSR count). The van der Waals surface area contributed by atoms with Crippen LogP contribution in [0.25, 0.3) is 0 Å². The monoisotopic (exact) mass is 486 g/mol. The van der Waals surface area contributed by atoms with Gasteiger partial charge < -0.3 is 20.1 Å². The number of aliphatic imine (C=N–C) groups is 1. The van der Waals surface area contributed by atoms with Crippen molar-refractivity contribution in [3.8, 4) is 5.75 Å². The van der Waals surface area contributed by atoms with Gasteiger partial charge in [0, 0.05) is 12.7 Å². The van der Waals surface area contributed by atoms with E-state index in [4.69, 9.17) is 4.74 Å². The number of aromatic nitrogens is 3. The quantitative estimate of drug-likeness (QED) is 0.589. The summed E-state index contributed by atoms with van der Waals surface area (Å²) in [5.74, 6) is -0.00389. The van der Waals surface area contributed by atoms with Gasteiger partial charge in [0.2, 0.25) is 0 Å². The average Bonchev–Trinajstić information content (AvgIpc) is 3.05. The molecule has 0 aliphatic carbocycles. The van der Waals surface area contributed by atoms with Gasteiger partial charge >= 0.3 is 6.18 Å². The molecule has 4 heterocycles. The Kier molecular flexibility index (Phi) is 5.47. The lowest BCUT2D eigenvalue weighted by molar-refractivity contribution is -0.141. The zero-order chi connectivity index (χ0) is 24.9. The summed E-state index contributed by atoms with van der Waals surface area (Å²) in [6.07, 6.45) is -3.72. The molecule has 2 aliphatic heterocycles. The molecule has 1 atom stereocenters. The van der Waals surface area contributed by atoms with Crippen molar-refractivity contribution in [2.75, 3.05) is 23.4 Å². The molecule has 35 heavy (non-hydrogen) atoms. The maximum Gasteiger partial charge on any atom is 0.433 e. The van der Waals surface area contributed by atoms with Gasteiger partial charge in [0.1, 0.15) is 29.9 Å². The number of aliphatic hydroxyl groups is 1. The number of pyridine rings is 1. The molecule has 1 unspecified atom stereocenters. The summed E-state index contributed by atoms with van der Waals surface area (Å²) >= 11 is 0. The van der Waals surface area contributed by atoms with E-state index in [0.29, 0.717) is 29.4 Å². The predicted molar refractivity (Wildman–Crippen MR) is 121 cm³/mol. The van der Waals surface area contributed by atoms with Crippen LogP contribution in [0.3, 0.4) is 0 Å². The second kappa shape index (κ2) is 8.38. The Balaban J connectivity index is 1.41. The highest BCUT2D eigenvalue weighted by Crippen LogP contribution is 2.35. The highest BCUT2D eigenvalue weighted by molar-refractivity contribution is 6.07. The van der Waals surface area contributed by atoms with E-state index in [9.17, 15) is 23.1 Å². The number of aliphatic hydroxyl groups excluding tert-OH is 1. The number of benzene rings is 1. The Hall–Kier alpha value is -3.93. The molecule has 0 saturated heterocycles. The number of nitrogens with one attached hydrogen (secondary N) is 1. The van der Waals surface area contributed by atoms with E-state index < -0.39 is 18.0 Å². The van der Waals surface area contributed by atoms with Crippen LogP contribution in [0.4, 0.5) is 24.5 Å². The molecule has 2 N–H and O–H groups in total. The number of rotatable bonds is 3. The van der Waals surface area contributed by atoms with Crippen LogP contribution in [0.2, 0.25) is 0 Å². The van der Waals surface area contributed by atoms with E-state index in [2.05, 4.69) is 20.4 Å². The molecule has 12 heteroatoms. The normalized spacial score (nSPS) is 17.4. The summed E-state index contributed by atoms with van der Waals surface area (Å²) in [4.78, 5) is 22.9. The second-order valence-electron chi connectivity index (χ2n) is 8.21. The zero-order valence-corrected chi connectivity index (χ0v) is 18.8. The summed E-state index contributed by atoms with van der Waals surface area (Å²) in [7, 11) is 1.62. The molecular weight excluding hydrogens is 465 g/mol. The van der Waals surface area contributed by atoms with Gasteiger partial charge in [-0.2, -0.15) is 18.3 Å².